The molecule has 2 aromatic rings. The van der Waals surface area contributed by atoms with E-state index in [4.69, 9.17) is 23.7 Å². The normalized spacial score (nSPS) is 15.0. The van der Waals surface area contributed by atoms with Crippen molar-refractivity contribution in [2.24, 2.45) is 0 Å². The van der Waals surface area contributed by atoms with Crippen LogP contribution < -0.4 is 0 Å². The van der Waals surface area contributed by atoms with Crippen molar-refractivity contribution in [3.8, 4) is 23.5 Å². The number of benzene rings is 1. The van der Waals surface area contributed by atoms with E-state index in [9.17, 15) is 4.79 Å². The van der Waals surface area contributed by atoms with Gasteiger partial charge in [-0.1, -0.05) is 12.1 Å². The van der Waals surface area contributed by atoms with Crippen LogP contribution in [0, 0.1) is 37.3 Å². The van der Waals surface area contributed by atoms with Crippen molar-refractivity contribution in [2.45, 2.75) is 34.6 Å². The molecule has 0 bridgehead atoms. The Morgan fingerprint density at radius 2 is 1.52 bits per heavy atom. The third kappa shape index (κ3) is 6.61. The van der Waals surface area contributed by atoms with E-state index in [0.29, 0.717) is 38.6 Å². The Balaban J connectivity index is 1.97. The van der Waals surface area contributed by atoms with Gasteiger partial charge in [-0.05, 0) is 85.3 Å². The summed E-state index contributed by atoms with van der Waals surface area (Å²) in [5, 5.41) is 0. The van der Waals surface area contributed by atoms with Gasteiger partial charge in [-0.25, -0.2) is 4.79 Å². The second kappa shape index (κ2) is 15.2. The Morgan fingerprint density at radius 1 is 0.932 bits per heavy atom. The first kappa shape index (κ1) is 33.8. The summed E-state index contributed by atoms with van der Waals surface area (Å²) in [6.07, 6.45) is -2.01. The summed E-state index contributed by atoms with van der Waals surface area (Å²) in [4.78, 5) is 12.4. The van der Waals surface area contributed by atoms with E-state index in [1.165, 1.54) is 0 Å². The summed E-state index contributed by atoms with van der Waals surface area (Å²) in [5.74, 6) is 13.5. The summed E-state index contributed by atoms with van der Waals surface area (Å²) in [5.41, 5.74) is 9.11. The summed E-state index contributed by atoms with van der Waals surface area (Å²) < 4.78 is 32.8. The molecule has 1 aromatic heterocycles. The van der Waals surface area contributed by atoms with Crippen LogP contribution in [-0.2, 0) is 23.7 Å². The lowest BCUT2D eigenvalue weighted by Crippen LogP contribution is -2.57. The quantitative estimate of drug-likeness (QED) is 0.108. The van der Waals surface area contributed by atoms with Crippen LogP contribution in [0.3, 0.4) is 0 Å². The average Bonchev–Trinajstić information content (AvgIpc) is 3.44. The number of hydrogen-bond acceptors (Lipinski definition) is 6. The number of nitrogens with zero attached hydrogens (tertiary/aromatic N) is 2. The fraction of sp³-hybridized carbons (Fsp3) is 0.412. The van der Waals surface area contributed by atoms with Gasteiger partial charge < -0.3 is 32.6 Å². The highest BCUT2D eigenvalue weighted by Gasteiger charge is 2.51. The molecule has 2 aliphatic heterocycles. The maximum Gasteiger partial charge on any atom is 0.520 e. The lowest BCUT2D eigenvalue weighted by Gasteiger charge is -2.39. The Bertz CT molecular complexity index is 1600. The number of halogens is 1. The first-order chi connectivity index (χ1) is 21.2. The summed E-state index contributed by atoms with van der Waals surface area (Å²) >= 11 is 2.43. The molecular formula is C34H40BIN2O6. The van der Waals surface area contributed by atoms with Crippen LogP contribution in [0.25, 0.3) is 5.57 Å². The largest absolute Gasteiger partial charge is 0.520 e. The second-order valence-corrected chi connectivity index (χ2v) is 11.7. The molecule has 232 valence electrons. The number of allylic oxidation sites excluding steroid dienone is 2. The Hall–Kier alpha value is -3.13. The number of hydrogen-bond donors (Lipinski definition) is 0. The predicted molar refractivity (Wildman–Crippen MR) is 182 cm³/mol. The molecule has 44 heavy (non-hydrogen) atoms. The SMILES string of the molecule is CCOC(=O)c1ccc(C2=C3C(C)=C(I)C(C)=[N+]3[B-](C#CCOCCOC)(C#CCOCCOC)n3c(C)cc(C)c32)cc1. The maximum absolute atomic E-state index is 12.4. The van der Waals surface area contributed by atoms with Gasteiger partial charge in [-0.2, -0.15) is 11.6 Å². The number of esters is 1. The van der Waals surface area contributed by atoms with Crippen LogP contribution in [-0.4, -0.2) is 87.5 Å². The van der Waals surface area contributed by atoms with Crippen molar-refractivity contribution in [1.82, 2.24) is 4.48 Å². The number of carbonyl (C=O) groups is 1. The average molecular weight is 710 g/mol. The van der Waals surface area contributed by atoms with Crippen LogP contribution in [0.15, 0.2) is 45.2 Å². The highest BCUT2D eigenvalue weighted by molar-refractivity contribution is 14.1. The van der Waals surface area contributed by atoms with Gasteiger partial charge in [0.15, 0.2) is 5.70 Å². The zero-order valence-corrected chi connectivity index (χ0v) is 28.8. The van der Waals surface area contributed by atoms with Crippen LogP contribution in [0.4, 0.5) is 0 Å². The lowest BCUT2D eigenvalue weighted by molar-refractivity contribution is -0.329. The van der Waals surface area contributed by atoms with E-state index in [2.05, 4.69) is 88.8 Å². The van der Waals surface area contributed by atoms with Gasteiger partial charge in [-0.3, -0.25) is 0 Å². The minimum absolute atomic E-state index is 0.255. The van der Waals surface area contributed by atoms with Gasteiger partial charge in [0, 0.05) is 32.4 Å². The minimum Gasteiger partial charge on any atom is -0.462 e. The van der Waals surface area contributed by atoms with E-state index in [1.807, 2.05) is 31.2 Å². The molecule has 0 saturated heterocycles. The third-order valence-electron chi connectivity index (χ3n) is 7.75. The minimum atomic E-state index is -2.01. The van der Waals surface area contributed by atoms with Gasteiger partial charge in [0.05, 0.1) is 47.8 Å². The second-order valence-electron chi connectivity index (χ2n) is 10.6. The molecule has 0 fully saturated rings. The molecule has 8 nitrogen and oxygen atoms in total. The first-order valence-electron chi connectivity index (χ1n) is 14.7. The standard InChI is InChI=1S/C34H40BIN2O6/c1-8-44-34(39)29-13-11-28(12-14-29)30-32-24(2)23-25(3)37(32)35(15-9-17-42-21-19-40-6,16-10-18-43-22-20-41-7)38-27(5)31(36)26(4)33(30)38/h11-14,23H,8,17-22H2,1-7H3. The topological polar surface area (TPSA) is 71.2 Å². The molecule has 0 amide bonds. The third-order valence-corrected chi connectivity index (χ3v) is 9.34. The molecule has 0 aliphatic carbocycles. The summed E-state index contributed by atoms with van der Waals surface area (Å²) in [6.45, 7) is 13.1. The van der Waals surface area contributed by atoms with Gasteiger partial charge in [-0.15, -0.1) is 11.8 Å². The molecule has 1 aromatic carbocycles. The lowest BCUT2D eigenvalue weighted by atomic mass is 9.45. The van der Waals surface area contributed by atoms with Crippen molar-refractivity contribution in [3.05, 3.63) is 73.3 Å². The number of carbonyl (C=O) groups excluding carboxylic acids is 1. The van der Waals surface area contributed by atoms with E-state index in [-0.39, 0.29) is 19.2 Å². The molecule has 0 radical (unpaired) electrons. The van der Waals surface area contributed by atoms with E-state index in [0.717, 1.165) is 48.6 Å². The molecule has 3 heterocycles. The smallest absolute Gasteiger partial charge is 0.462 e. The number of aromatic nitrogens is 1. The molecular weight excluding hydrogens is 670 g/mol. The maximum atomic E-state index is 12.4. The zero-order chi connectivity index (χ0) is 31.9. The fourth-order valence-electron chi connectivity index (χ4n) is 5.90. The van der Waals surface area contributed by atoms with Gasteiger partial charge >= 0.3 is 12.4 Å². The predicted octanol–water partition coefficient (Wildman–Crippen LogP) is 4.95. The zero-order valence-electron chi connectivity index (χ0n) is 26.6. The van der Waals surface area contributed by atoms with Crippen LogP contribution in [0.1, 0.15) is 53.6 Å². The number of methoxy groups -OCH3 is 2. The highest BCUT2D eigenvalue weighted by Crippen LogP contribution is 2.45. The number of fused-ring (bicyclic) bond motifs is 2. The van der Waals surface area contributed by atoms with Crippen LogP contribution >= 0.6 is 22.6 Å². The van der Waals surface area contributed by atoms with Crippen LogP contribution in [0.5, 0.6) is 0 Å². The van der Waals surface area contributed by atoms with Crippen molar-refractivity contribution in [2.75, 3.05) is 60.5 Å². The monoisotopic (exact) mass is 710 g/mol. The van der Waals surface area contributed by atoms with E-state index < -0.39 is 6.42 Å². The van der Waals surface area contributed by atoms with Crippen molar-refractivity contribution < 1.29 is 33.0 Å². The number of rotatable bonds is 11. The molecule has 10 heteroatoms. The highest BCUT2D eigenvalue weighted by atomic mass is 127. The number of aryl methyl sites for hydroxylation is 2. The first-order valence-corrected chi connectivity index (χ1v) is 15.8. The molecule has 0 saturated carbocycles. The van der Waals surface area contributed by atoms with Gasteiger partial charge in [0.25, 0.3) is 0 Å². The molecule has 0 spiro atoms. The summed E-state index contributed by atoms with van der Waals surface area (Å²) in [6, 6.07) is 9.85. The molecule has 4 rings (SSSR count). The number of ether oxygens (including phenoxy) is 5. The van der Waals surface area contributed by atoms with Gasteiger partial charge in [0.1, 0.15) is 18.9 Å². The van der Waals surface area contributed by atoms with Crippen molar-refractivity contribution >= 4 is 46.3 Å². The Kier molecular flexibility index (Phi) is 11.7. The molecule has 0 N–H and O–H groups in total. The fourth-order valence-corrected chi connectivity index (χ4v) is 6.42. The van der Waals surface area contributed by atoms with E-state index >= 15 is 0 Å². The van der Waals surface area contributed by atoms with Gasteiger partial charge in [0.2, 0.25) is 0 Å². The molecule has 2 aliphatic rings. The van der Waals surface area contributed by atoms with Crippen LogP contribution in [0.2, 0.25) is 0 Å². The summed E-state index contributed by atoms with van der Waals surface area (Å²) in [7, 11) is 3.30. The molecule has 0 atom stereocenters. The van der Waals surface area contributed by atoms with E-state index in [1.54, 1.807) is 14.2 Å². The van der Waals surface area contributed by atoms with Crippen molar-refractivity contribution in [1.29, 1.82) is 0 Å². The Labute approximate surface area is 274 Å². The Morgan fingerprint density at radius 3 is 2.07 bits per heavy atom. The molecule has 0 unspecified atom stereocenters. The van der Waals surface area contributed by atoms with Crippen molar-refractivity contribution in [3.63, 3.8) is 0 Å².